The minimum atomic E-state index is -0.595. The number of ether oxygens (including phenoxy) is 2. The Hall–Kier alpha value is -2.49. The molecule has 3 amide bonds. The molecule has 4 heterocycles. The molecule has 0 bridgehead atoms. The molecule has 1 unspecified atom stereocenters. The van der Waals surface area contributed by atoms with Crippen LogP contribution in [0.1, 0.15) is 54.4 Å². The van der Waals surface area contributed by atoms with E-state index in [2.05, 4.69) is 21.6 Å². The number of hydrogen-bond acceptors (Lipinski definition) is 7. The molecule has 4 fully saturated rings. The third-order valence-corrected chi connectivity index (χ3v) is 7.77. The van der Waals surface area contributed by atoms with Crippen LogP contribution >= 0.6 is 0 Å². The average Bonchev–Trinajstić information content (AvgIpc) is 3.57. The van der Waals surface area contributed by atoms with E-state index in [4.69, 9.17) is 9.47 Å². The summed E-state index contributed by atoms with van der Waals surface area (Å²) in [7, 11) is 0. The van der Waals surface area contributed by atoms with Gasteiger partial charge in [-0.2, -0.15) is 0 Å². The van der Waals surface area contributed by atoms with Gasteiger partial charge >= 0.3 is 0 Å². The molecule has 34 heavy (non-hydrogen) atoms. The van der Waals surface area contributed by atoms with Crippen molar-refractivity contribution in [2.75, 3.05) is 31.3 Å². The second-order valence-corrected chi connectivity index (χ2v) is 10.3. The normalized spacial score (nSPS) is 29.6. The summed E-state index contributed by atoms with van der Waals surface area (Å²) in [4.78, 5) is 41.5. The summed E-state index contributed by atoms with van der Waals surface area (Å²) >= 11 is 0. The van der Waals surface area contributed by atoms with Crippen LogP contribution in [0, 0.1) is 5.92 Å². The van der Waals surface area contributed by atoms with Gasteiger partial charge in [-0.25, -0.2) is 0 Å². The number of nitrogens with one attached hydrogen (secondary N) is 2. The summed E-state index contributed by atoms with van der Waals surface area (Å²) in [6.07, 6.45) is 5.16. The first kappa shape index (κ1) is 22.0. The Morgan fingerprint density at radius 1 is 1.06 bits per heavy atom. The predicted octanol–water partition coefficient (Wildman–Crippen LogP) is 1.16. The molecule has 2 N–H and O–H groups in total. The molecule has 1 aromatic carbocycles. The summed E-state index contributed by atoms with van der Waals surface area (Å²) in [5, 5.41) is 5.92. The maximum Gasteiger partial charge on any atom is 0.255 e. The predicted molar refractivity (Wildman–Crippen MR) is 123 cm³/mol. The fourth-order valence-electron chi connectivity index (χ4n) is 5.57. The Kier molecular flexibility index (Phi) is 5.79. The van der Waals surface area contributed by atoms with Crippen molar-refractivity contribution in [3.8, 4) is 0 Å². The number of hydrogen-bond donors (Lipinski definition) is 2. The van der Waals surface area contributed by atoms with E-state index in [1.165, 1.54) is 12.8 Å². The zero-order valence-electron chi connectivity index (χ0n) is 19.3. The van der Waals surface area contributed by atoms with Gasteiger partial charge in [-0.3, -0.25) is 25.0 Å². The first-order valence-electron chi connectivity index (χ1n) is 12.6. The molecule has 182 valence electrons. The SMILES string of the molecule is O=C1CCC(N2Cc3c(cccc3N(CC3CC3)[C@@H]3CC[C@@H](NC4COC4)OC3)C2=O)C(=O)N1. The van der Waals surface area contributed by atoms with Gasteiger partial charge in [-0.15, -0.1) is 0 Å². The molecule has 3 saturated heterocycles. The lowest BCUT2D eigenvalue weighted by Gasteiger charge is -2.41. The van der Waals surface area contributed by atoms with Crippen molar-refractivity contribution in [1.82, 2.24) is 15.5 Å². The smallest absolute Gasteiger partial charge is 0.255 e. The van der Waals surface area contributed by atoms with Crippen molar-refractivity contribution in [2.24, 2.45) is 5.92 Å². The molecule has 6 rings (SSSR count). The third kappa shape index (κ3) is 4.21. The Bertz CT molecular complexity index is 984. The standard InChI is InChI=1S/C25H32N4O5/c30-22-8-7-21(24(31)27-22)29-11-19-18(25(29)32)2-1-3-20(19)28(10-15-4-5-15)17-6-9-23(34-14-17)26-16-12-33-13-16/h1-3,15-17,21,23,26H,4-14H2,(H,27,30,31)/t17-,21?,23+/m1/s1. The molecule has 3 atom stereocenters. The van der Waals surface area contributed by atoms with Crippen LogP contribution in [-0.2, 0) is 25.6 Å². The van der Waals surface area contributed by atoms with Crippen molar-refractivity contribution in [3.63, 3.8) is 0 Å². The van der Waals surface area contributed by atoms with Crippen molar-refractivity contribution in [3.05, 3.63) is 29.3 Å². The molecular formula is C25H32N4O5. The van der Waals surface area contributed by atoms with Gasteiger partial charge in [0.1, 0.15) is 12.3 Å². The second kappa shape index (κ2) is 8.94. The minimum Gasteiger partial charge on any atom is -0.378 e. The zero-order chi connectivity index (χ0) is 23.2. The van der Waals surface area contributed by atoms with Gasteiger partial charge in [0.15, 0.2) is 0 Å². The number of nitrogens with zero attached hydrogens (tertiary/aromatic N) is 2. The van der Waals surface area contributed by atoms with Crippen LogP contribution in [0.4, 0.5) is 5.69 Å². The number of anilines is 1. The second-order valence-electron chi connectivity index (χ2n) is 10.3. The molecule has 1 saturated carbocycles. The van der Waals surface area contributed by atoms with Gasteiger partial charge in [-0.05, 0) is 50.2 Å². The van der Waals surface area contributed by atoms with Gasteiger partial charge in [0.05, 0.1) is 31.9 Å². The molecular weight excluding hydrogens is 436 g/mol. The summed E-state index contributed by atoms with van der Waals surface area (Å²) < 4.78 is 11.5. The number of imide groups is 1. The van der Waals surface area contributed by atoms with Crippen LogP contribution in [0.5, 0.6) is 0 Å². The number of amides is 3. The van der Waals surface area contributed by atoms with Crippen molar-refractivity contribution < 1.29 is 23.9 Å². The lowest BCUT2D eigenvalue weighted by Crippen LogP contribution is -2.54. The molecule has 0 radical (unpaired) electrons. The third-order valence-electron chi connectivity index (χ3n) is 7.77. The monoisotopic (exact) mass is 468 g/mol. The van der Waals surface area contributed by atoms with E-state index in [9.17, 15) is 14.4 Å². The number of carbonyl (C=O) groups is 3. The highest BCUT2D eigenvalue weighted by Gasteiger charge is 2.41. The highest BCUT2D eigenvalue weighted by molar-refractivity contribution is 6.06. The molecule has 9 heteroatoms. The van der Waals surface area contributed by atoms with Crippen LogP contribution < -0.4 is 15.5 Å². The Morgan fingerprint density at radius 3 is 2.59 bits per heavy atom. The molecule has 5 aliphatic rings. The lowest BCUT2D eigenvalue weighted by molar-refractivity contribution is -0.136. The molecule has 9 nitrogen and oxygen atoms in total. The highest BCUT2D eigenvalue weighted by atomic mass is 16.5. The first-order chi connectivity index (χ1) is 16.6. The number of piperidine rings is 1. The van der Waals surface area contributed by atoms with E-state index < -0.39 is 6.04 Å². The van der Waals surface area contributed by atoms with E-state index in [0.29, 0.717) is 37.1 Å². The van der Waals surface area contributed by atoms with Gasteiger partial charge in [-0.1, -0.05) is 6.07 Å². The largest absolute Gasteiger partial charge is 0.378 e. The zero-order valence-corrected chi connectivity index (χ0v) is 19.3. The number of fused-ring (bicyclic) bond motifs is 1. The Labute approximate surface area is 199 Å². The van der Waals surface area contributed by atoms with Crippen LogP contribution in [0.15, 0.2) is 18.2 Å². The molecule has 1 aliphatic carbocycles. The Morgan fingerprint density at radius 2 is 1.91 bits per heavy atom. The summed E-state index contributed by atoms with van der Waals surface area (Å²) in [5.74, 6) is -0.0757. The Balaban J connectivity index is 1.21. The van der Waals surface area contributed by atoms with Crippen LogP contribution in [0.3, 0.4) is 0 Å². The fraction of sp³-hybridized carbons (Fsp3) is 0.640. The van der Waals surface area contributed by atoms with Gasteiger partial charge in [0.25, 0.3) is 5.91 Å². The summed E-state index contributed by atoms with van der Waals surface area (Å²) in [5.41, 5.74) is 2.74. The van der Waals surface area contributed by atoms with E-state index in [1.54, 1.807) is 4.90 Å². The minimum absolute atomic E-state index is 0.0685. The number of rotatable bonds is 7. The molecule has 0 spiro atoms. The highest BCUT2D eigenvalue weighted by Crippen LogP contribution is 2.39. The molecule has 1 aromatic rings. The fourth-order valence-corrected chi connectivity index (χ4v) is 5.57. The van der Waals surface area contributed by atoms with Gasteiger partial charge in [0, 0.05) is 36.3 Å². The van der Waals surface area contributed by atoms with Crippen molar-refractivity contribution in [2.45, 2.75) is 69.4 Å². The maximum atomic E-state index is 13.3. The summed E-state index contributed by atoms with van der Waals surface area (Å²) in [6, 6.07) is 5.97. The van der Waals surface area contributed by atoms with Crippen LogP contribution in [0.25, 0.3) is 0 Å². The average molecular weight is 469 g/mol. The molecule has 4 aliphatic heterocycles. The lowest BCUT2D eigenvalue weighted by atomic mass is 10.0. The van der Waals surface area contributed by atoms with Gasteiger partial charge in [0.2, 0.25) is 11.8 Å². The summed E-state index contributed by atoms with van der Waals surface area (Å²) in [6.45, 7) is 3.52. The van der Waals surface area contributed by atoms with E-state index >= 15 is 0 Å². The van der Waals surface area contributed by atoms with Crippen molar-refractivity contribution >= 4 is 23.4 Å². The first-order valence-corrected chi connectivity index (χ1v) is 12.6. The number of carbonyl (C=O) groups excluding carboxylic acids is 3. The quantitative estimate of drug-likeness (QED) is 0.579. The number of benzene rings is 1. The van der Waals surface area contributed by atoms with E-state index in [0.717, 1.165) is 43.9 Å². The maximum absolute atomic E-state index is 13.3. The van der Waals surface area contributed by atoms with Crippen LogP contribution in [-0.4, -0.2) is 73.3 Å². The molecule has 0 aromatic heterocycles. The van der Waals surface area contributed by atoms with Gasteiger partial charge < -0.3 is 19.3 Å². The van der Waals surface area contributed by atoms with Crippen molar-refractivity contribution in [1.29, 1.82) is 0 Å². The van der Waals surface area contributed by atoms with E-state index in [1.807, 2.05) is 12.1 Å². The van der Waals surface area contributed by atoms with E-state index in [-0.39, 0.29) is 36.4 Å². The topological polar surface area (TPSA) is 100 Å². The van der Waals surface area contributed by atoms with Crippen LogP contribution in [0.2, 0.25) is 0 Å².